The van der Waals surface area contributed by atoms with Crippen molar-refractivity contribution in [2.24, 2.45) is 0 Å². The Kier molecular flexibility index (Phi) is 5.14. The van der Waals surface area contributed by atoms with Crippen molar-refractivity contribution in [2.45, 2.75) is 24.8 Å². The smallest absolute Gasteiger partial charge is 0.266 e. The third kappa shape index (κ3) is 3.62. The van der Waals surface area contributed by atoms with E-state index in [4.69, 9.17) is 9.72 Å². The summed E-state index contributed by atoms with van der Waals surface area (Å²) in [7, 11) is 1.62. The van der Waals surface area contributed by atoms with Crippen molar-refractivity contribution in [2.75, 3.05) is 7.11 Å². The molecule has 3 heterocycles. The number of ether oxygens (including phenoxy) is 1. The first kappa shape index (κ1) is 20.3. The van der Waals surface area contributed by atoms with Gasteiger partial charge in [0.2, 0.25) is 5.78 Å². The van der Waals surface area contributed by atoms with E-state index in [0.29, 0.717) is 27.6 Å². The second kappa shape index (κ2) is 8.12. The summed E-state index contributed by atoms with van der Waals surface area (Å²) in [5.74, 6) is 1.97. The highest BCUT2D eigenvalue weighted by molar-refractivity contribution is 7.98. The van der Waals surface area contributed by atoms with Crippen molar-refractivity contribution in [1.82, 2.24) is 23.9 Å². The monoisotopic (exact) mass is 443 g/mol. The highest BCUT2D eigenvalue weighted by Gasteiger charge is 2.15. The number of thioether (sulfide) groups is 1. The van der Waals surface area contributed by atoms with Gasteiger partial charge in [-0.05, 0) is 56.3 Å². The van der Waals surface area contributed by atoms with Crippen molar-refractivity contribution in [3.05, 3.63) is 88.2 Å². The molecule has 32 heavy (non-hydrogen) atoms. The number of methoxy groups -OCH3 is 1. The molecule has 7 nitrogen and oxygen atoms in total. The van der Waals surface area contributed by atoms with Crippen LogP contribution in [0.3, 0.4) is 0 Å². The number of para-hydroxylation sites is 1. The molecule has 0 bridgehead atoms. The molecule has 0 fully saturated rings. The Bertz CT molecular complexity index is 1510. The van der Waals surface area contributed by atoms with Crippen LogP contribution in [0, 0.1) is 13.8 Å². The van der Waals surface area contributed by atoms with Gasteiger partial charge in [0.15, 0.2) is 5.16 Å². The highest BCUT2D eigenvalue weighted by atomic mass is 32.2. The van der Waals surface area contributed by atoms with Crippen molar-refractivity contribution in [3.8, 4) is 11.4 Å². The number of benzene rings is 2. The average molecular weight is 444 g/mol. The first-order valence-electron chi connectivity index (χ1n) is 10.1. The third-order valence-electron chi connectivity index (χ3n) is 5.24. The van der Waals surface area contributed by atoms with Crippen LogP contribution in [0.1, 0.15) is 17.1 Å². The number of imidazole rings is 1. The molecule has 0 atom stereocenters. The SMILES string of the molecule is COc1ccc(-n2c(SCc3cn4c(C)cc(C)nc4n3)nc3ccccc3c2=O)cc1. The molecule has 0 saturated heterocycles. The largest absolute Gasteiger partial charge is 0.497 e. The number of rotatable bonds is 5. The van der Waals surface area contributed by atoms with Crippen LogP contribution in [0.25, 0.3) is 22.4 Å². The predicted molar refractivity (Wildman–Crippen MR) is 126 cm³/mol. The lowest BCUT2D eigenvalue weighted by atomic mass is 10.2. The summed E-state index contributed by atoms with van der Waals surface area (Å²) in [6, 6.07) is 16.8. The minimum absolute atomic E-state index is 0.105. The van der Waals surface area contributed by atoms with Gasteiger partial charge >= 0.3 is 0 Å². The quantitative estimate of drug-likeness (QED) is 0.297. The van der Waals surface area contributed by atoms with Crippen LogP contribution < -0.4 is 10.3 Å². The summed E-state index contributed by atoms with van der Waals surface area (Å²) in [4.78, 5) is 27.4. The molecular formula is C24H21N5O2S. The summed E-state index contributed by atoms with van der Waals surface area (Å²) in [5.41, 5.74) is 4.19. The number of hydrogen-bond acceptors (Lipinski definition) is 6. The first-order valence-corrected chi connectivity index (χ1v) is 11.1. The van der Waals surface area contributed by atoms with Crippen LogP contribution in [0.2, 0.25) is 0 Å². The van der Waals surface area contributed by atoms with Gasteiger partial charge < -0.3 is 4.74 Å². The molecular weight excluding hydrogens is 422 g/mol. The predicted octanol–water partition coefficient (Wildman–Crippen LogP) is 4.35. The second-order valence-electron chi connectivity index (χ2n) is 7.48. The van der Waals surface area contributed by atoms with E-state index in [1.54, 1.807) is 17.7 Å². The molecule has 5 rings (SSSR count). The fraction of sp³-hybridized carbons (Fsp3) is 0.167. The highest BCUT2D eigenvalue weighted by Crippen LogP contribution is 2.25. The minimum Gasteiger partial charge on any atom is -0.497 e. The van der Waals surface area contributed by atoms with Crippen LogP contribution >= 0.6 is 11.8 Å². The Labute approximate surface area is 188 Å². The van der Waals surface area contributed by atoms with Gasteiger partial charge in [0.05, 0.1) is 29.4 Å². The number of aromatic nitrogens is 5. The summed E-state index contributed by atoms with van der Waals surface area (Å²) in [6.07, 6.45) is 1.99. The number of hydrogen-bond donors (Lipinski definition) is 0. The van der Waals surface area contributed by atoms with Crippen LogP contribution in [-0.2, 0) is 5.75 Å². The summed E-state index contributed by atoms with van der Waals surface area (Å²) >= 11 is 1.48. The van der Waals surface area contributed by atoms with Gasteiger partial charge in [0, 0.05) is 23.3 Å². The van der Waals surface area contributed by atoms with E-state index < -0.39 is 0 Å². The molecule has 0 aliphatic rings. The van der Waals surface area contributed by atoms with E-state index >= 15 is 0 Å². The number of fused-ring (bicyclic) bond motifs is 2. The Morgan fingerprint density at radius 3 is 2.56 bits per heavy atom. The lowest BCUT2D eigenvalue weighted by Crippen LogP contribution is -2.21. The Morgan fingerprint density at radius 2 is 1.78 bits per heavy atom. The zero-order valence-electron chi connectivity index (χ0n) is 17.9. The van der Waals surface area contributed by atoms with Gasteiger partial charge in [-0.25, -0.2) is 15.0 Å². The first-order chi connectivity index (χ1) is 15.5. The molecule has 0 amide bonds. The summed E-state index contributed by atoms with van der Waals surface area (Å²) in [6.45, 7) is 4.00. The molecule has 8 heteroatoms. The van der Waals surface area contributed by atoms with E-state index in [1.165, 1.54) is 11.8 Å². The van der Waals surface area contributed by atoms with E-state index in [9.17, 15) is 4.79 Å². The van der Waals surface area contributed by atoms with Crippen molar-refractivity contribution in [3.63, 3.8) is 0 Å². The van der Waals surface area contributed by atoms with E-state index in [-0.39, 0.29) is 5.56 Å². The molecule has 0 radical (unpaired) electrons. The molecule has 0 unspecified atom stereocenters. The van der Waals surface area contributed by atoms with Crippen LogP contribution in [0.5, 0.6) is 5.75 Å². The lowest BCUT2D eigenvalue weighted by molar-refractivity contribution is 0.414. The molecule has 5 aromatic rings. The van der Waals surface area contributed by atoms with Gasteiger partial charge in [-0.2, -0.15) is 0 Å². The molecule has 2 aromatic carbocycles. The number of aryl methyl sites for hydroxylation is 2. The maximum Gasteiger partial charge on any atom is 0.266 e. The second-order valence-corrected chi connectivity index (χ2v) is 8.42. The van der Waals surface area contributed by atoms with Gasteiger partial charge in [0.25, 0.3) is 5.56 Å². The Morgan fingerprint density at radius 1 is 1.00 bits per heavy atom. The fourth-order valence-electron chi connectivity index (χ4n) is 3.69. The molecule has 0 N–H and O–H groups in total. The minimum atomic E-state index is -0.105. The summed E-state index contributed by atoms with van der Waals surface area (Å²) < 4.78 is 8.89. The molecule has 0 aliphatic heterocycles. The van der Waals surface area contributed by atoms with E-state index in [0.717, 1.165) is 28.5 Å². The van der Waals surface area contributed by atoms with E-state index in [2.05, 4.69) is 9.97 Å². The zero-order chi connectivity index (χ0) is 22.2. The van der Waals surface area contributed by atoms with Crippen molar-refractivity contribution >= 4 is 28.4 Å². The third-order valence-corrected chi connectivity index (χ3v) is 6.21. The zero-order valence-corrected chi connectivity index (χ0v) is 18.8. The standard InChI is InChI=1S/C24H21N5O2S/c1-15-12-16(2)28-13-17(26-23(28)25-15)14-32-24-27-21-7-5-4-6-20(21)22(30)29(24)18-8-10-19(31-3)11-9-18/h4-13H,14H2,1-3H3. The number of nitrogens with zero attached hydrogens (tertiary/aromatic N) is 5. The normalized spacial score (nSPS) is 11.3. The average Bonchev–Trinajstić information content (AvgIpc) is 3.21. The summed E-state index contributed by atoms with van der Waals surface area (Å²) in [5, 5.41) is 1.19. The molecule has 0 spiro atoms. The molecule has 3 aromatic heterocycles. The van der Waals surface area contributed by atoms with Crippen LogP contribution in [0.4, 0.5) is 0 Å². The molecule has 0 saturated carbocycles. The van der Waals surface area contributed by atoms with Gasteiger partial charge in [-0.1, -0.05) is 23.9 Å². The van der Waals surface area contributed by atoms with Crippen LogP contribution in [0.15, 0.2) is 70.7 Å². The van der Waals surface area contributed by atoms with Crippen molar-refractivity contribution in [1.29, 1.82) is 0 Å². The fourth-order valence-corrected chi connectivity index (χ4v) is 4.59. The topological polar surface area (TPSA) is 74.3 Å². The molecule has 160 valence electrons. The van der Waals surface area contributed by atoms with Gasteiger partial charge in [0.1, 0.15) is 5.75 Å². The Hall–Kier alpha value is -3.65. The van der Waals surface area contributed by atoms with Crippen LogP contribution in [-0.4, -0.2) is 31.0 Å². The lowest BCUT2D eigenvalue weighted by Gasteiger charge is -2.13. The van der Waals surface area contributed by atoms with Gasteiger partial charge in [-0.3, -0.25) is 13.8 Å². The van der Waals surface area contributed by atoms with E-state index in [1.807, 2.05) is 73.0 Å². The molecule has 0 aliphatic carbocycles. The maximum atomic E-state index is 13.4. The maximum absolute atomic E-state index is 13.4. The van der Waals surface area contributed by atoms with Gasteiger partial charge in [-0.15, -0.1) is 0 Å². The Balaban J connectivity index is 1.58. The van der Waals surface area contributed by atoms with Crippen molar-refractivity contribution < 1.29 is 4.74 Å².